The van der Waals surface area contributed by atoms with Crippen LogP contribution in [0.25, 0.3) is 0 Å². The van der Waals surface area contributed by atoms with Crippen LogP contribution in [0.3, 0.4) is 0 Å². The highest BCUT2D eigenvalue weighted by molar-refractivity contribution is 6.30. The molecule has 0 aliphatic carbocycles. The van der Waals surface area contributed by atoms with Crippen molar-refractivity contribution in [2.75, 3.05) is 13.6 Å². The maximum Gasteiger partial charge on any atom is 0.416 e. The third-order valence-electron chi connectivity index (χ3n) is 2.81. The highest BCUT2D eigenvalue weighted by Crippen LogP contribution is 2.32. The number of benzene rings is 1. The Balaban J connectivity index is 0.00000324. The number of rotatable bonds is 4. The van der Waals surface area contributed by atoms with Gasteiger partial charge in [0.2, 0.25) is 0 Å². The van der Waals surface area contributed by atoms with Crippen molar-refractivity contribution < 1.29 is 13.2 Å². The quantitative estimate of drug-likeness (QED) is 0.920. The van der Waals surface area contributed by atoms with Crippen LogP contribution in [0.5, 0.6) is 0 Å². The lowest BCUT2D eigenvalue weighted by atomic mass is 10.1. The van der Waals surface area contributed by atoms with E-state index in [4.69, 9.17) is 17.3 Å². The van der Waals surface area contributed by atoms with Gasteiger partial charge in [-0.2, -0.15) is 13.2 Å². The van der Waals surface area contributed by atoms with Gasteiger partial charge in [-0.05, 0) is 37.7 Å². The standard InChI is InChI=1S/C12H16ClF3N2.ClH/c1-8(6-17)18(2)7-9-3-10(12(14,15)16)5-11(13)4-9;/h3-5,8H,6-7,17H2,1-2H3;1H. The summed E-state index contributed by atoms with van der Waals surface area (Å²) in [5.74, 6) is 0. The number of nitrogens with two attached hydrogens (primary N) is 1. The fourth-order valence-corrected chi connectivity index (χ4v) is 1.79. The number of halogens is 5. The Bertz CT molecular complexity index is 410. The van der Waals surface area contributed by atoms with E-state index in [1.165, 1.54) is 6.07 Å². The lowest BCUT2D eigenvalue weighted by Crippen LogP contribution is -2.34. The number of nitrogens with zero attached hydrogens (tertiary/aromatic N) is 1. The largest absolute Gasteiger partial charge is 0.416 e. The monoisotopic (exact) mass is 316 g/mol. The molecule has 0 aromatic heterocycles. The van der Waals surface area contributed by atoms with Crippen LogP contribution < -0.4 is 5.73 Å². The van der Waals surface area contributed by atoms with Gasteiger partial charge < -0.3 is 5.73 Å². The van der Waals surface area contributed by atoms with Crippen molar-refractivity contribution in [2.24, 2.45) is 5.73 Å². The van der Waals surface area contributed by atoms with Crippen molar-refractivity contribution in [3.63, 3.8) is 0 Å². The smallest absolute Gasteiger partial charge is 0.329 e. The van der Waals surface area contributed by atoms with E-state index >= 15 is 0 Å². The molecule has 1 rings (SSSR count). The van der Waals surface area contributed by atoms with Gasteiger partial charge in [-0.3, -0.25) is 4.90 Å². The van der Waals surface area contributed by atoms with Crippen molar-refractivity contribution in [2.45, 2.75) is 25.7 Å². The summed E-state index contributed by atoms with van der Waals surface area (Å²) in [5, 5.41) is 0.0913. The van der Waals surface area contributed by atoms with E-state index in [1.54, 1.807) is 0 Å². The summed E-state index contributed by atoms with van der Waals surface area (Å²) < 4.78 is 37.9. The van der Waals surface area contributed by atoms with Gasteiger partial charge in [0.05, 0.1) is 5.56 Å². The molecule has 0 fully saturated rings. The van der Waals surface area contributed by atoms with Crippen molar-refractivity contribution in [1.82, 2.24) is 4.90 Å². The molecule has 0 bridgehead atoms. The summed E-state index contributed by atoms with van der Waals surface area (Å²) in [6.45, 7) is 2.74. The topological polar surface area (TPSA) is 29.3 Å². The Morgan fingerprint density at radius 3 is 2.37 bits per heavy atom. The van der Waals surface area contributed by atoms with E-state index in [1.807, 2.05) is 18.9 Å². The number of hydrogen-bond donors (Lipinski definition) is 1. The Morgan fingerprint density at radius 2 is 1.89 bits per heavy atom. The van der Waals surface area contributed by atoms with E-state index in [0.717, 1.165) is 12.1 Å². The van der Waals surface area contributed by atoms with Gasteiger partial charge >= 0.3 is 6.18 Å². The minimum Gasteiger partial charge on any atom is -0.329 e. The second-order valence-corrected chi connectivity index (χ2v) is 4.78. The molecular formula is C12H17Cl2F3N2. The summed E-state index contributed by atoms with van der Waals surface area (Å²) in [7, 11) is 1.81. The SMILES string of the molecule is CC(CN)N(C)Cc1cc(Cl)cc(C(F)(F)F)c1.Cl. The fourth-order valence-electron chi connectivity index (χ4n) is 1.53. The van der Waals surface area contributed by atoms with Crippen LogP contribution in [-0.4, -0.2) is 24.5 Å². The molecule has 1 unspecified atom stereocenters. The minimum absolute atomic E-state index is 0. The van der Waals surface area contributed by atoms with Gasteiger partial charge in [0.15, 0.2) is 0 Å². The zero-order valence-electron chi connectivity index (χ0n) is 10.7. The van der Waals surface area contributed by atoms with Gasteiger partial charge in [0.1, 0.15) is 0 Å². The van der Waals surface area contributed by atoms with Crippen LogP contribution in [0.2, 0.25) is 5.02 Å². The molecule has 0 heterocycles. The Morgan fingerprint density at radius 1 is 1.32 bits per heavy atom. The zero-order valence-corrected chi connectivity index (χ0v) is 12.2. The second kappa shape index (κ2) is 7.33. The lowest BCUT2D eigenvalue weighted by Gasteiger charge is -2.23. The van der Waals surface area contributed by atoms with Gasteiger partial charge in [-0.25, -0.2) is 0 Å². The van der Waals surface area contributed by atoms with Crippen molar-refractivity contribution in [3.05, 3.63) is 34.3 Å². The molecule has 0 radical (unpaired) electrons. The maximum atomic E-state index is 12.6. The molecule has 1 aromatic rings. The average Bonchev–Trinajstić information content (AvgIpc) is 2.25. The van der Waals surface area contributed by atoms with E-state index in [9.17, 15) is 13.2 Å². The summed E-state index contributed by atoms with van der Waals surface area (Å²) in [4.78, 5) is 1.88. The van der Waals surface area contributed by atoms with Crippen molar-refractivity contribution in [1.29, 1.82) is 0 Å². The third-order valence-corrected chi connectivity index (χ3v) is 3.03. The summed E-state index contributed by atoms with van der Waals surface area (Å²) >= 11 is 5.71. The van der Waals surface area contributed by atoms with Gasteiger partial charge in [0, 0.05) is 24.2 Å². The molecule has 2 N–H and O–H groups in total. The highest BCUT2D eigenvalue weighted by atomic mass is 35.5. The fraction of sp³-hybridized carbons (Fsp3) is 0.500. The molecule has 0 saturated carbocycles. The number of likely N-dealkylation sites (N-methyl/N-ethyl adjacent to an activating group) is 1. The molecule has 0 aliphatic heterocycles. The lowest BCUT2D eigenvalue weighted by molar-refractivity contribution is -0.137. The minimum atomic E-state index is -4.38. The molecule has 1 aromatic carbocycles. The molecular weight excluding hydrogens is 300 g/mol. The van der Waals surface area contributed by atoms with Gasteiger partial charge in [-0.15, -0.1) is 12.4 Å². The molecule has 0 spiro atoms. The maximum absolute atomic E-state index is 12.6. The first-order valence-electron chi connectivity index (χ1n) is 5.51. The van der Waals surface area contributed by atoms with E-state index < -0.39 is 11.7 Å². The molecule has 0 saturated heterocycles. The van der Waals surface area contributed by atoms with Crippen molar-refractivity contribution in [3.8, 4) is 0 Å². The van der Waals surface area contributed by atoms with Crippen LogP contribution in [0.1, 0.15) is 18.1 Å². The number of alkyl halides is 3. The van der Waals surface area contributed by atoms with E-state index in [0.29, 0.717) is 18.7 Å². The molecule has 7 heteroatoms. The molecule has 0 aliphatic rings. The Kier molecular flexibility index (Phi) is 7.15. The van der Waals surface area contributed by atoms with Crippen LogP contribution in [0.15, 0.2) is 18.2 Å². The molecule has 0 amide bonds. The second-order valence-electron chi connectivity index (χ2n) is 4.35. The Labute approximate surface area is 122 Å². The average molecular weight is 317 g/mol. The summed E-state index contributed by atoms with van der Waals surface area (Å²) in [5.41, 5.74) is 5.31. The Hall–Kier alpha value is -0.490. The summed E-state index contributed by atoms with van der Waals surface area (Å²) in [6.07, 6.45) is -4.38. The van der Waals surface area contributed by atoms with E-state index in [2.05, 4.69) is 0 Å². The number of hydrogen-bond acceptors (Lipinski definition) is 2. The van der Waals surface area contributed by atoms with Gasteiger partial charge in [0.25, 0.3) is 0 Å². The van der Waals surface area contributed by atoms with Crippen LogP contribution in [-0.2, 0) is 12.7 Å². The van der Waals surface area contributed by atoms with Crippen molar-refractivity contribution >= 4 is 24.0 Å². The first-order valence-corrected chi connectivity index (χ1v) is 5.88. The van der Waals surface area contributed by atoms with Crippen LogP contribution >= 0.6 is 24.0 Å². The summed E-state index contributed by atoms with van der Waals surface area (Å²) in [6, 6.07) is 3.68. The molecule has 2 nitrogen and oxygen atoms in total. The highest BCUT2D eigenvalue weighted by Gasteiger charge is 2.31. The predicted molar refractivity (Wildman–Crippen MR) is 73.7 cm³/mol. The van der Waals surface area contributed by atoms with Crippen LogP contribution in [0.4, 0.5) is 13.2 Å². The molecule has 19 heavy (non-hydrogen) atoms. The first-order chi connectivity index (χ1) is 8.24. The predicted octanol–water partition coefficient (Wildman–Crippen LogP) is 3.56. The van der Waals surface area contributed by atoms with E-state index in [-0.39, 0.29) is 23.5 Å². The normalized spacial score (nSPS) is 13.3. The molecule has 110 valence electrons. The van der Waals surface area contributed by atoms with Crippen LogP contribution in [0, 0.1) is 0 Å². The third kappa shape index (κ3) is 5.57. The first kappa shape index (κ1) is 18.5. The van der Waals surface area contributed by atoms with Gasteiger partial charge in [-0.1, -0.05) is 11.6 Å². The zero-order chi connectivity index (χ0) is 13.9. The molecule has 1 atom stereocenters.